The fraction of sp³-hybridized carbons (Fsp3) is 0.778. The second-order valence-corrected chi connectivity index (χ2v) is 7.30. The van der Waals surface area contributed by atoms with Crippen LogP contribution < -0.4 is 10.6 Å². The van der Waals surface area contributed by atoms with Gasteiger partial charge in [0.1, 0.15) is 5.82 Å². The van der Waals surface area contributed by atoms with Gasteiger partial charge in [-0.2, -0.15) is 13.8 Å². The lowest BCUT2D eigenvalue weighted by molar-refractivity contribution is -0.169. The minimum Gasteiger partial charge on any atom is -0.393 e. The highest BCUT2D eigenvalue weighted by Gasteiger charge is 2.24. The molecule has 1 aromatic heterocycles. The third kappa shape index (κ3) is 6.02. The van der Waals surface area contributed by atoms with Gasteiger partial charge in [-0.3, -0.25) is 0 Å². The minimum absolute atomic E-state index is 0.169. The third-order valence-electron chi connectivity index (χ3n) is 5.21. The summed E-state index contributed by atoms with van der Waals surface area (Å²) in [6.45, 7) is -2.70. The van der Waals surface area contributed by atoms with Crippen molar-refractivity contribution in [3.63, 3.8) is 0 Å². The molecule has 2 atom stereocenters. The lowest BCUT2D eigenvalue weighted by Crippen LogP contribution is -2.31. The van der Waals surface area contributed by atoms with Crippen LogP contribution in [0.3, 0.4) is 0 Å². The van der Waals surface area contributed by atoms with E-state index in [0.29, 0.717) is 18.8 Å². The van der Waals surface area contributed by atoms with Gasteiger partial charge in [-0.25, -0.2) is 4.98 Å². The lowest BCUT2D eigenvalue weighted by atomic mass is 9.93. The van der Waals surface area contributed by atoms with Gasteiger partial charge >= 0.3 is 6.61 Å². The smallest absolute Gasteiger partial charge is 0.345 e. The SMILES string of the molecule is O[C@@H]1CCCC[C@@H](Nc2ccnc(NC3CCC(OC(F)F)CC3)n2)C1. The van der Waals surface area contributed by atoms with E-state index in [1.54, 1.807) is 6.20 Å². The van der Waals surface area contributed by atoms with E-state index in [1.807, 2.05) is 6.07 Å². The number of nitrogens with one attached hydrogen (secondary N) is 2. The molecule has 0 unspecified atom stereocenters. The van der Waals surface area contributed by atoms with Crippen LogP contribution >= 0.6 is 0 Å². The van der Waals surface area contributed by atoms with Gasteiger partial charge in [-0.05, 0) is 51.0 Å². The van der Waals surface area contributed by atoms with E-state index in [1.165, 1.54) is 0 Å². The molecule has 2 aliphatic carbocycles. The molecule has 0 aliphatic heterocycles. The van der Waals surface area contributed by atoms with Crippen LogP contribution in [-0.4, -0.2) is 46.0 Å². The molecular formula is C18H28F2N4O2. The quantitative estimate of drug-likeness (QED) is 0.665. The van der Waals surface area contributed by atoms with Crippen LogP contribution in [0.1, 0.15) is 57.8 Å². The van der Waals surface area contributed by atoms with Crippen molar-refractivity contribution in [2.75, 3.05) is 10.6 Å². The topological polar surface area (TPSA) is 79.3 Å². The first kappa shape index (κ1) is 19.2. The molecule has 0 saturated heterocycles. The molecule has 2 saturated carbocycles. The van der Waals surface area contributed by atoms with Crippen LogP contribution in [0.15, 0.2) is 12.3 Å². The van der Waals surface area contributed by atoms with E-state index in [-0.39, 0.29) is 24.3 Å². The van der Waals surface area contributed by atoms with Crippen molar-refractivity contribution in [2.45, 2.75) is 88.7 Å². The van der Waals surface area contributed by atoms with Gasteiger partial charge in [0.25, 0.3) is 0 Å². The standard InChI is InChI=1S/C18H28F2N4O2/c19-17(20)26-15-7-5-12(6-8-15)23-18-21-10-9-16(24-18)22-13-3-1-2-4-14(25)11-13/h9-10,12-15,17,25H,1-8,11H2,(H2,21,22,23,24)/t12?,13-,14-,15?/m1/s1. The fourth-order valence-corrected chi connectivity index (χ4v) is 3.85. The van der Waals surface area contributed by atoms with Crippen LogP contribution in [0.2, 0.25) is 0 Å². The van der Waals surface area contributed by atoms with Crippen LogP contribution in [0.5, 0.6) is 0 Å². The molecule has 0 spiro atoms. The van der Waals surface area contributed by atoms with E-state index in [9.17, 15) is 13.9 Å². The van der Waals surface area contributed by atoms with Crippen LogP contribution in [0, 0.1) is 0 Å². The zero-order valence-electron chi connectivity index (χ0n) is 14.9. The Hall–Kier alpha value is -1.54. The number of aliphatic hydroxyl groups excluding tert-OH is 1. The average Bonchev–Trinajstić information content (AvgIpc) is 2.80. The van der Waals surface area contributed by atoms with Gasteiger partial charge < -0.3 is 20.5 Å². The number of nitrogens with zero attached hydrogens (tertiary/aromatic N) is 2. The fourth-order valence-electron chi connectivity index (χ4n) is 3.85. The van der Waals surface area contributed by atoms with Crippen molar-refractivity contribution in [2.24, 2.45) is 0 Å². The molecule has 1 heterocycles. The highest BCUT2D eigenvalue weighted by molar-refractivity contribution is 5.41. The molecule has 0 amide bonds. The minimum atomic E-state index is -2.70. The largest absolute Gasteiger partial charge is 0.393 e. The van der Waals surface area contributed by atoms with Gasteiger partial charge in [0.2, 0.25) is 5.95 Å². The Bertz CT molecular complexity index is 556. The molecular weight excluding hydrogens is 342 g/mol. The maximum absolute atomic E-state index is 12.3. The van der Waals surface area contributed by atoms with E-state index < -0.39 is 6.61 Å². The molecule has 146 valence electrons. The van der Waals surface area contributed by atoms with Gasteiger partial charge in [-0.15, -0.1) is 0 Å². The summed E-state index contributed by atoms with van der Waals surface area (Å²) < 4.78 is 29.1. The Balaban J connectivity index is 1.50. The molecule has 3 N–H and O–H groups in total. The Morgan fingerprint density at radius 1 is 1.04 bits per heavy atom. The molecule has 0 radical (unpaired) electrons. The van der Waals surface area contributed by atoms with Gasteiger partial charge in [0, 0.05) is 18.3 Å². The first-order chi connectivity index (χ1) is 12.6. The lowest BCUT2D eigenvalue weighted by Gasteiger charge is -2.29. The van der Waals surface area contributed by atoms with E-state index in [0.717, 1.165) is 50.8 Å². The summed E-state index contributed by atoms with van der Waals surface area (Å²) in [7, 11) is 0. The first-order valence-corrected chi connectivity index (χ1v) is 9.56. The molecule has 3 rings (SSSR count). The number of ether oxygens (including phenoxy) is 1. The summed E-state index contributed by atoms with van der Waals surface area (Å²) in [6, 6.07) is 2.22. The van der Waals surface area contributed by atoms with Gasteiger partial charge in [-0.1, -0.05) is 12.8 Å². The van der Waals surface area contributed by atoms with Crippen LogP contribution in [0.25, 0.3) is 0 Å². The summed E-state index contributed by atoms with van der Waals surface area (Å²) in [5, 5.41) is 16.6. The number of halogens is 2. The zero-order chi connectivity index (χ0) is 18.4. The number of aliphatic hydroxyl groups is 1. The summed E-state index contributed by atoms with van der Waals surface area (Å²) in [4.78, 5) is 8.78. The molecule has 0 bridgehead atoms. The number of rotatable bonds is 6. The third-order valence-corrected chi connectivity index (χ3v) is 5.21. The predicted molar refractivity (Wildman–Crippen MR) is 95.3 cm³/mol. The summed E-state index contributed by atoms with van der Waals surface area (Å²) >= 11 is 0. The summed E-state index contributed by atoms with van der Waals surface area (Å²) in [5.74, 6) is 1.29. The van der Waals surface area contributed by atoms with Crippen molar-refractivity contribution < 1.29 is 18.6 Å². The number of alkyl halides is 2. The number of anilines is 2. The molecule has 2 fully saturated rings. The molecule has 0 aromatic carbocycles. The Morgan fingerprint density at radius 2 is 1.81 bits per heavy atom. The predicted octanol–water partition coefficient (Wildman–Crippen LogP) is 3.54. The van der Waals surface area contributed by atoms with Gasteiger partial charge in [0.15, 0.2) is 0 Å². The highest BCUT2D eigenvalue weighted by atomic mass is 19.3. The Kier molecular flexibility index (Phi) is 6.96. The van der Waals surface area contributed by atoms with Crippen molar-refractivity contribution in [3.05, 3.63) is 12.3 Å². The Labute approximate surface area is 152 Å². The average molecular weight is 370 g/mol. The highest BCUT2D eigenvalue weighted by Crippen LogP contribution is 2.25. The number of hydrogen-bond donors (Lipinski definition) is 3. The van der Waals surface area contributed by atoms with E-state index >= 15 is 0 Å². The van der Waals surface area contributed by atoms with Crippen LogP contribution in [-0.2, 0) is 4.74 Å². The first-order valence-electron chi connectivity index (χ1n) is 9.56. The molecule has 1 aromatic rings. The van der Waals surface area contributed by atoms with Crippen LogP contribution in [0.4, 0.5) is 20.5 Å². The molecule has 26 heavy (non-hydrogen) atoms. The van der Waals surface area contributed by atoms with Crippen molar-refractivity contribution >= 4 is 11.8 Å². The summed E-state index contributed by atoms with van der Waals surface area (Å²) in [5.41, 5.74) is 0. The van der Waals surface area contributed by atoms with E-state index in [2.05, 4.69) is 25.3 Å². The maximum Gasteiger partial charge on any atom is 0.345 e. The monoisotopic (exact) mass is 370 g/mol. The second-order valence-electron chi connectivity index (χ2n) is 7.30. The molecule has 6 nitrogen and oxygen atoms in total. The maximum atomic E-state index is 12.3. The zero-order valence-corrected chi connectivity index (χ0v) is 14.9. The second kappa shape index (κ2) is 9.41. The van der Waals surface area contributed by atoms with E-state index in [4.69, 9.17) is 0 Å². The number of hydrogen-bond acceptors (Lipinski definition) is 6. The Morgan fingerprint density at radius 3 is 2.58 bits per heavy atom. The molecule has 2 aliphatic rings. The van der Waals surface area contributed by atoms with Crippen molar-refractivity contribution in [3.8, 4) is 0 Å². The van der Waals surface area contributed by atoms with Crippen molar-refractivity contribution in [1.29, 1.82) is 0 Å². The molecule has 8 heteroatoms. The summed E-state index contributed by atoms with van der Waals surface area (Å²) in [6.07, 6.45) is 8.63. The normalized spacial score (nSPS) is 30.0. The number of aromatic nitrogens is 2. The van der Waals surface area contributed by atoms with Gasteiger partial charge in [0.05, 0.1) is 12.2 Å². The van der Waals surface area contributed by atoms with Crippen molar-refractivity contribution in [1.82, 2.24) is 9.97 Å².